The molecule has 5 rings (SSSR count). The summed E-state index contributed by atoms with van der Waals surface area (Å²) in [6.07, 6.45) is 0. The van der Waals surface area contributed by atoms with Crippen LogP contribution in [0.25, 0.3) is 22.3 Å². The fraction of sp³-hybridized carbons (Fsp3) is 0.118. The van der Waals surface area contributed by atoms with Crippen LogP contribution in [0, 0.1) is 0 Å². The van der Waals surface area contributed by atoms with Gasteiger partial charge in [0.15, 0.2) is 0 Å². The lowest BCUT2D eigenvalue weighted by atomic mass is 9.69. The number of hydrogen-bond acceptors (Lipinski definition) is 4. The summed E-state index contributed by atoms with van der Waals surface area (Å²) in [5, 5.41) is 0. The van der Waals surface area contributed by atoms with Crippen molar-refractivity contribution in [3.8, 4) is 33.8 Å². The van der Waals surface area contributed by atoms with E-state index < -0.39 is 5.41 Å². The van der Waals surface area contributed by atoms with E-state index in [1.165, 1.54) is 0 Å². The quantitative estimate of drug-likeness (QED) is 0.160. The van der Waals surface area contributed by atoms with Gasteiger partial charge in [-0.15, -0.1) is 25.3 Å². The molecule has 0 unspecified atom stereocenters. The molecule has 0 aliphatic carbocycles. The van der Waals surface area contributed by atoms with Gasteiger partial charge in [-0.25, -0.2) is 0 Å². The van der Waals surface area contributed by atoms with Crippen molar-refractivity contribution >= 4 is 25.3 Å². The van der Waals surface area contributed by atoms with Crippen molar-refractivity contribution < 1.29 is 9.47 Å². The Morgan fingerprint density at radius 2 is 0.947 bits per heavy atom. The monoisotopic (exact) mass is 534 g/mol. The van der Waals surface area contributed by atoms with Crippen LogP contribution in [-0.2, 0) is 5.41 Å². The molecule has 0 heterocycles. The number of ether oxygens (including phenoxy) is 2. The Hall–Kier alpha value is -3.60. The SMILES string of the molecule is COc1cccc(OC)c1C(C)(c1ccc(S)c(-c2ccccc2)c1)c1ccc(S)c(-c2ccccc2)c1. The molecular formula is C34H30O2S2. The highest BCUT2D eigenvalue weighted by molar-refractivity contribution is 7.80. The van der Waals surface area contributed by atoms with Gasteiger partial charge < -0.3 is 9.47 Å². The molecule has 5 aromatic rings. The highest BCUT2D eigenvalue weighted by Crippen LogP contribution is 2.49. The van der Waals surface area contributed by atoms with E-state index in [-0.39, 0.29) is 0 Å². The Balaban J connectivity index is 1.83. The van der Waals surface area contributed by atoms with Gasteiger partial charge in [-0.3, -0.25) is 0 Å². The highest BCUT2D eigenvalue weighted by atomic mass is 32.1. The van der Waals surface area contributed by atoms with Gasteiger partial charge in [-0.1, -0.05) is 78.9 Å². The summed E-state index contributed by atoms with van der Waals surface area (Å²) in [7, 11) is 3.41. The minimum Gasteiger partial charge on any atom is -0.496 e. The van der Waals surface area contributed by atoms with Gasteiger partial charge in [0, 0.05) is 15.2 Å². The molecule has 0 saturated heterocycles. The molecule has 0 fully saturated rings. The Morgan fingerprint density at radius 3 is 1.34 bits per heavy atom. The first-order chi connectivity index (χ1) is 18.5. The van der Waals surface area contributed by atoms with E-state index in [9.17, 15) is 0 Å². The average Bonchev–Trinajstić information content (AvgIpc) is 2.97. The number of rotatable bonds is 7. The number of thiol groups is 2. The molecule has 190 valence electrons. The number of hydrogen-bond donors (Lipinski definition) is 2. The number of benzene rings is 5. The summed E-state index contributed by atoms with van der Waals surface area (Å²) >= 11 is 9.64. The van der Waals surface area contributed by atoms with Crippen molar-refractivity contribution in [2.75, 3.05) is 14.2 Å². The fourth-order valence-electron chi connectivity index (χ4n) is 5.19. The summed E-state index contributed by atoms with van der Waals surface area (Å²) in [6, 6.07) is 39.6. The minimum atomic E-state index is -0.631. The van der Waals surface area contributed by atoms with Gasteiger partial charge in [0.2, 0.25) is 0 Å². The maximum absolute atomic E-state index is 5.94. The first kappa shape index (κ1) is 26.0. The van der Waals surface area contributed by atoms with Crippen LogP contribution in [0.1, 0.15) is 23.6 Å². The van der Waals surface area contributed by atoms with E-state index in [1.807, 2.05) is 30.3 Å². The van der Waals surface area contributed by atoms with E-state index in [2.05, 4.69) is 91.9 Å². The lowest BCUT2D eigenvalue weighted by molar-refractivity contribution is 0.375. The Labute approximate surface area is 236 Å². The summed E-state index contributed by atoms with van der Waals surface area (Å²) < 4.78 is 11.9. The first-order valence-electron chi connectivity index (χ1n) is 12.5. The van der Waals surface area contributed by atoms with E-state index in [4.69, 9.17) is 34.7 Å². The lowest BCUT2D eigenvalue weighted by Crippen LogP contribution is -2.27. The third-order valence-electron chi connectivity index (χ3n) is 7.25. The summed E-state index contributed by atoms with van der Waals surface area (Å²) in [5.41, 5.74) is 6.90. The smallest absolute Gasteiger partial charge is 0.127 e. The van der Waals surface area contributed by atoms with Crippen LogP contribution >= 0.6 is 25.3 Å². The molecule has 2 nitrogen and oxygen atoms in total. The molecule has 0 atom stereocenters. The maximum atomic E-state index is 5.94. The minimum absolute atomic E-state index is 0.631. The van der Waals surface area contributed by atoms with Crippen molar-refractivity contribution in [3.05, 3.63) is 132 Å². The first-order valence-corrected chi connectivity index (χ1v) is 13.4. The van der Waals surface area contributed by atoms with Gasteiger partial charge in [-0.05, 0) is 76.7 Å². The molecule has 0 amide bonds. The Morgan fingerprint density at radius 1 is 0.526 bits per heavy atom. The largest absolute Gasteiger partial charge is 0.496 e. The third-order valence-corrected chi connectivity index (χ3v) is 8.03. The van der Waals surface area contributed by atoms with Crippen molar-refractivity contribution in [1.29, 1.82) is 0 Å². The molecule has 0 spiro atoms. The van der Waals surface area contributed by atoms with Gasteiger partial charge >= 0.3 is 0 Å². The lowest BCUT2D eigenvalue weighted by Gasteiger charge is -2.35. The van der Waals surface area contributed by atoms with Gasteiger partial charge in [0.05, 0.1) is 19.8 Å². The predicted molar refractivity (Wildman–Crippen MR) is 163 cm³/mol. The molecule has 0 aromatic heterocycles. The summed E-state index contributed by atoms with van der Waals surface area (Å²) in [6.45, 7) is 2.23. The second kappa shape index (κ2) is 11.0. The molecule has 0 radical (unpaired) electrons. The van der Waals surface area contributed by atoms with Crippen LogP contribution in [0.5, 0.6) is 11.5 Å². The van der Waals surface area contributed by atoms with Crippen molar-refractivity contribution in [2.45, 2.75) is 22.1 Å². The van der Waals surface area contributed by atoms with Crippen LogP contribution in [0.2, 0.25) is 0 Å². The summed E-state index contributed by atoms with van der Waals surface area (Å²) in [5.74, 6) is 1.53. The topological polar surface area (TPSA) is 18.5 Å². The maximum Gasteiger partial charge on any atom is 0.127 e. The molecule has 0 bridgehead atoms. The van der Waals surface area contributed by atoms with Crippen LogP contribution in [0.3, 0.4) is 0 Å². The normalized spacial score (nSPS) is 11.3. The van der Waals surface area contributed by atoms with Crippen molar-refractivity contribution in [1.82, 2.24) is 0 Å². The van der Waals surface area contributed by atoms with E-state index in [0.29, 0.717) is 0 Å². The molecule has 0 aliphatic heterocycles. The van der Waals surface area contributed by atoms with Gasteiger partial charge in [0.1, 0.15) is 11.5 Å². The molecule has 0 N–H and O–H groups in total. The molecule has 4 heteroatoms. The van der Waals surface area contributed by atoms with E-state index in [1.54, 1.807) is 14.2 Å². The molecule has 0 aliphatic rings. The molecule has 38 heavy (non-hydrogen) atoms. The van der Waals surface area contributed by atoms with Gasteiger partial charge in [-0.2, -0.15) is 0 Å². The zero-order chi connectivity index (χ0) is 26.7. The zero-order valence-electron chi connectivity index (χ0n) is 21.7. The van der Waals surface area contributed by atoms with E-state index in [0.717, 1.165) is 60.2 Å². The Kier molecular flexibility index (Phi) is 7.55. The van der Waals surface area contributed by atoms with Crippen LogP contribution in [0.4, 0.5) is 0 Å². The van der Waals surface area contributed by atoms with Crippen LogP contribution in [-0.4, -0.2) is 14.2 Å². The molecular weight excluding hydrogens is 505 g/mol. The van der Waals surface area contributed by atoms with Crippen LogP contribution in [0.15, 0.2) is 125 Å². The van der Waals surface area contributed by atoms with E-state index >= 15 is 0 Å². The molecule has 5 aromatic carbocycles. The van der Waals surface area contributed by atoms with Crippen LogP contribution < -0.4 is 9.47 Å². The zero-order valence-corrected chi connectivity index (χ0v) is 23.5. The summed E-state index contributed by atoms with van der Waals surface area (Å²) in [4.78, 5) is 1.84. The predicted octanol–water partition coefficient (Wildman–Crippen LogP) is 8.97. The Bertz CT molecular complexity index is 1450. The van der Waals surface area contributed by atoms with Crippen molar-refractivity contribution in [2.24, 2.45) is 0 Å². The fourth-order valence-corrected chi connectivity index (χ4v) is 5.73. The molecule has 0 saturated carbocycles. The number of methoxy groups -OCH3 is 2. The highest BCUT2D eigenvalue weighted by Gasteiger charge is 2.37. The van der Waals surface area contributed by atoms with Gasteiger partial charge in [0.25, 0.3) is 0 Å². The van der Waals surface area contributed by atoms with Crippen molar-refractivity contribution in [3.63, 3.8) is 0 Å². The second-order valence-corrected chi connectivity index (χ2v) is 10.3. The third kappa shape index (κ3) is 4.70. The standard InChI is InChI=1S/C34H30O2S2/c1-34(33-29(35-2)15-10-16-30(33)36-3,25-17-19-31(37)27(21-25)23-11-6-4-7-12-23)26-18-20-32(38)28(22-26)24-13-8-5-9-14-24/h4-22,37-38H,1-3H3. The average molecular weight is 535 g/mol. The second-order valence-electron chi connectivity index (χ2n) is 9.36.